The Kier molecular flexibility index (Phi) is 8.80. The van der Waals surface area contributed by atoms with Crippen LogP contribution in [0.1, 0.15) is 29.9 Å². The van der Waals surface area contributed by atoms with E-state index in [1.165, 1.54) is 20.9 Å². The molecule has 3 rings (SSSR count). The predicted molar refractivity (Wildman–Crippen MR) is 132 cm³/mol. The van der Waals surface area contributed by atoms with E-state index in [-0.39, 0.29) is 31.4 Å². The molecule has 2 amide bonds. The Labute approximate surface area is 204 Å². The molecule has 0 N–H and O–H groups in total. The van der Waals surface area contributed by atoms with Crippen LogP contribution in [0.25, 0.3) is 11.1 Å². The van der Waals surface area contributed by atoms with Crippen molar-refractivity contribution in [2.24, 2.45) is 0 Å². The molecule has 0 saturated heterocycles. The summed E-state index contributed by atoms with van der Waals surface area (Å²) in [4.78, 5) is 38.9. The summed E-state index contributed by atoms with van der Waals surface area (Å²) in [5.41, 5.74) is 4.69. The number of ether oxygens (including phenoxy) is 1. The van der Waals surface area contributed by atoms with Gasteiger partial charge in [0.15, 0.2) is 0 Å². The third-order valence-corrected chi connectivity index (χ3v) is 6.24. The van der Waals surface area contributed by atoms with E-state index >= 15 is 0 Å². The number of benzene rings is 2. The molecule has 32 heavy (non-hydrogen) atoms. The van der Waals surface area contributed by atoms with Gasteiger partial charge in [0.1, 0.15) is 22.4 Å². The quantitative estimate of drug-likeness (QED) is 0.324. The average Bonchev–Trinajstić information content (AvgIpc) is 3.11. The molecule has 7 nitrogen and oxygen atoms in total. The van der Waals surface area contributed by atoms with Gasteiger partial charge in [-0.3, -0.25) is 4.79 Å². The summed E-state index contributed by atoms with van der Waals surface area (Å²) in [6.07, 6.45) is 0.276. The lowest BCUT2D eigenvalue weighted by Crippen LogP contribution is -2.34. The number of carbonyl (C=O) groups excluding carboxylic acids is 3. The van der Waals surface area contributed by atoms with Crippen molar-refractivity contribution in [1.82, 2.24) is 9.80 Å². The van der Waals surface area contributed by atoms with Gasteiger partial charge in [-0.15, -0.1) is 0 Å². The van der Waals surface area contributed by atoms with Crippen LogP contribution in [0.4, 0.5) is 4.79 Å². The van der Waals surface area contributed by atoms with Gasteiger partial charge in [0, 0.05) is 54.2 Å². The van der Waals surface area contributed by atoms with E-state index in [2.05, 4.69) is 24.3 Å². The standard InChI is InChI=1S/C23H25IN2O5S/c1-25(13-7-12-21(27)26(2)14-22(28)31-32-24)23(29)30-15-20-18-10-5-3-8-16(18)17-9-4-6-11-19(17)20/h3-6,8-11,20H,7,12-15H2,1-2H3. The normalized spacial score (nSPS) is 12.0. The first-order valence-electron chi connectivity index (χ1n) is 10.2. The van der Waals surface area contributed by atoms with Crippen LogP contribution in [0.15, 0.2) is 48.5 Å². The van der Waals surface area contributed by atoms with E-state index in [0.29, 0.717) is 13.0 Å². The first kappa shape index (κ1) is 24.4. The van der Waals surface area contributed by atoms with Gasteiger partial charge in [0.2, 0.25) is 5.91 Å². The number of hydrogen-bond acceptors (Lipinski definition) is 6. The second-order valence-corrected chi connectivity index (χ2v) is 8.97. The van der Waals surface area contributed by atoms with Crippen LogP contribution in [0.5, 0.6) is 0 Å². The number of nitrogens with zero attached hydrogens (tertiary/aromatic N) is 2. The van der Waals surface area contributed by atoms with Crippen LogP contribution in [0.3, 0.4) is 0 Å². The van der Waals surface area contributed by atoms with Crippen molar-refractivity contribution in [3.63, 3.8) is 0 Å². The minimum Gasteiger partial charge on any atom is -0.448 e. The molecule has 0 fully saturated rings. The van der Waals surface area contributed by atoms with Crippen molar-refractivity contribution in [3.05, 3.63) is 59.7 Å². The summed E-state index contributed by atoms with van der Waals surface area (Å²) >= 11 is 1.84. The number of hydrogen-bond donors (Lipinski definition) is 0. The van der Waals surface area contributed by atoms with Crippen LogP contribution in [-0.4, -0.2) is 61.6 Å². The molecule has 0 atom stereocenters. The van der Waals surface area contributed by atoms with Gasteiger partial charge < -0.3 is 18.7 Å². The topological polar surface area (TPSA) is 76.2 Å². The lowest BCUT2D eigenvalue weighted by atomic mass is 9.98. The summed E-state index contributed by atoms with van der Waals surface area (Å²) in [7, 11) is 4.13. The molecule has 0 aromatic heterocycles. The maximum absolute atomic E-state index is 12.5. The van der Waals surface area contributed by atoms with Gasteiger partial charge in [-0.1, -0.05) is 48.5 Å². The minimum absolute atomic E-state index is 0.00967. The highest BCUT2D eigenvalue weighted by Crippen LogP contribution is 2.44. The average molecular weight is 568 g/mol. The van der Waals surface area contributed by atoms with Crippen molar-refractivity contribution in [2.75, 3.05) is 33.8 Å². The van der Waals surface area contributed by atoms with Crippen LogP contribution in [0.2, 0.25) is 0 Å². The summed E-state index contributed by atoms with van der Waals surface area (Å²) in [5.74, 6) is -0.646. The van der Waals surface area contributed by atoms with Gasteiger partial charge in [0.25, 0.3) is 0 Å². The Balaban J connectivity index is 1.47. The van der Waals surface area contributed by atoms with Crippen molar-refractivity contribution in [2.45, 2.75) is 18.8 Å². The Hall–Kier alpha value is -2.27. The van der Waals surface area contributed by atoms with Gasteiger partial charge in [0.05, 0.1) is 0 Å². The molecule has 1 aliphatic carbocycles. The molecule has 0 radical (unpaired) electrons. The minimum atomic E-state index is -0.476. The molecule has 2 aromatic carbocycles. The SMILES string of the molecule is CN(CC(=O)OSI)C(=O)CCCN(C)C(=O)OCC1c2ccccc2-c2ccccc21. The molecule has 0 heterocycles. The van der Waals surface area contributed by atoms with E-state index in [1.54, 1.807) is 14.1 Å². The highest BCUT2D eigenvalue weighted by molar-refractivity contribution is 14.2. The van der Waals surface area contributed by atoms with Crippen molar-refractivity contribution < 1.29 is 23.3 Å². The van der Waals surface area contributed by atoms with E-state index in [1.807, 2.05) is 45.5 Å². The van der Waals surface area contributed by atoms with Crippen molar-refractivity contribution in [3.8, 4) is 11.1 Å². The maximum Gasteiger partial charge on any atom is 0.409 e. The zero-order valence-electron chi connectivity index (χ0n) is 18.0. The Bertz CT molecular complexity index is 941. The Morgan fingerprint density at radius 3 is 2.16 bits per heavy atom. The first-order valence-corrected chi connectivity index (χ1v) is 13.5. The van der Waals surface area contributed by atoms with Gasteiger partial charge >= 0.3 is 12.1 Å². The lowest BCUT2D eigenvalue weighted by Gasteiger charge is -2.20. The van der Waals surface area contributed by atoms with Gasteiger partial charge in [-0.2, -0.15) is 0 Å². The Morgan fingerprint density at radius 2 is 1.56 bits per heavy atom. The second kappa shape index (κ2) is 11.6. The largest absolute Gasteiger partial charge is 0.448 e. The van der Waals surface area contributed by atoms with Crippen molar-refractivity contribution >= 4 is 48.4 Å². The zero-order chi connectivity index (χ0) is 23.1. The van der Waals surface area contributed by atoms with Gasteiger partial charge in [-0.25, -0.2) is 9.59 Å². The molecule has 0 spiro atoms. The molecule has 1 aliphatic rings. The van der Waals surface area contributed by atoms with E-state index in [0.717, 1.165) is 20.3 Å². The van der Waals surface area contributed by atoms with Crippen LogP contribution >= 0.6 is 30.4 Å². The zero-order valence-corrected chi connectivity index (χ0v) is 20.9. The number of halogens is 1. The third-order valence-electron chi connectivity index (χ3n) is 5.45. The molecule has 0 unspecified atom stereocenters. The monoisotopic (exact) mass is 568 g/mol. The lowest BCUT2D eigenvalue weighted by molar-refractivity contribution is -0.140. The molecule has 0 saturated carbocycles. The Morgan fingerprint density at radius 1 is 0.969 bits per heavy atom. The summed E-state index contributed by atoms with van der Waals surface area (Å²) < 4.78 is 10.4. The fourth-order valence-corrected chi connectivity index (χ4v) is 4.52. The maximum atomic E-state index is 12.5. The fourth-order valence-electron chi connectivity index (χ4n) is 3.80. The molecule has 2 aromatic rings. The second-order valence-electron chi connectivity index (χ2n) is 7.60. The predicted octanol–water partition coefficient (Wildman–Crippen LogP) is 4.65. The van der Waals surface area contributed by atoms with Crippen LogP contribution in [-0.2, 0) is 18.5 Å². The van der Waals surface area contributed by atoms with E-state index in [9.17, 15) is 14.4 Å². The van der Waals surface area contributed by atoms with E-state index in [4.69, 9.17) is 8.92 Å². The molecule has 9 heteroatoms. The third kappa shape index (κ3) is 5.94. The van der Waals surface area contributed by atoms with Crippen LogP contribution in [0, 0.1) is 0 Å². The number of carbonyl (C=O) groups is 3. The molecule has 170 valence electrons. The van der Waals surface area contributed by atoms with E-state index < -0.39 is 12.1 Å². The molecule has 0 aliphatic heterocycles. The van der Waals surface area contributed by atoms with Crippen molar-refractivity contribution in [1.29, 1.82) is 0 Å². The number of fused-ring (bicyclic) bond motifs is 3. The fraction of sp³-hybridized carbons (Fsp3) is 0.348. The highest BCUT2D eigenvalue weighted by Gasteiger charge is 2.29. The molecule has 0 bridgehead atoms. The number of likely N-dealkylation sites (N-methyl/N-ethyl adjacent to an activating group) is 1. The highest BCUT2D eigenvalue weighted by atomic mass is 127. The number of rotatable bonds is 9. The van der Waals surface area contributed by atoms with Gasteiger partial charge in [-0.05, 0) is 28.7 Å². The first-order chi connectivity index (χ1) is 15.4. The smallest absolute Gasteiger partial charge is 0.409 e. The summed E-state index contributed by atoms with van der Waals surface area (Å²) in [5, 5.41) is 0. The number of amides is 2. The van der Waals surface area contributed by atoms with Crippen LogP contribution < -0.4 is 0 Å². The summed E-state index contributed by atoms with van der Waals surface area (Å²) in [6.45, 7) is 0.539. The summed E-state index contributed by atoms with van der Waals surface area (Å²) in [6, 6.07) is 16.4. The molecular formula is C23H25IN2O5S. The molecular weight excluding hydrogens is 543 g/mol.